The normalized spacial score (nSPS) is 11.9. The van der Waals surface area contributed by atoms with Crippen LogP contribution < -0.4 is 11.5 Å². The Morgan fingerprint density at radius 3 is 1.86 bits per heavy atom. The first-order valence-corrected chi connectivity index (χ1v) is 7.86. The maximum atomic E-state index is 11.7. The van der Waals surface area contributed by atoms with Crippen molar-refractivity contribution in [2.24, 2.45) is 17.4 Å². The molecular weight excluding hydrogens is 270 g/mol. The third-order valence-corrected chi connectivity index (χ3v) is 3.84. The molecule has 0 heterocycles. The number of carbonyl (C=O) groups is 2. The van der Waals surface area contributed by atoms with Crippen LogP contribution in [0.4, 0.5) is 0 Å². The Morgan fingerprint density at radius 2 is 1.48 bits per heavy atom. The van der Waals surface area contributed by atoms with Crippen molar-refractivity contribution in [3.05, 3.63) is 0 Å². The van der Waals surface area contributed by atoms with Crippen LogP contribution in [-0.4, -0.2) is 60.6 Å². The van der Waals surface area contributed by atoms with Gasteiger partial charge in [0.05, 0.1) is 19.6 Å². The third-order valence-electron chi connectivity index (χ3n) is 3.84. The van der Waals surface area contributed by atoms with Crippen molar-refractivity contribution in [1.29, 1.82) is 0 Å². The van der Waals surface area contributed by atoms with Gasteiger partial charge in [-0.05, 0) is 13.1 Å². The highest BCUT2D eigenvalue weighted by Gasteiger charge is 2.29. The number of hydrogen-bond acceptors (Lipinski definition) is 4. The van der Waals surface area contributed by atoms with E-state index in [9.17, 15) is 14.7 Å². The molecule has 0 aliphatic heterocycles. The minimum absolute atomic E-state index is 0.0412. The van der Waals surface area contributed by atoms with Crippen LogP contribution in [0.3, 0.4) is 0 Å². The average Bonchev–Trinajstić information content (AvgIpc) is 2.41. The number of nitrogens with zero attached hydrogens (tertiary/aromatic N) is 1. The molecule has 6 nitrogen and oxygen atoms in total. The van der Waals surface area contributed by atoms with Crippen LogP contribution in [0.5, 0.6) is 0 Å². The van der Waals surface area contributed by atoms with E-state index in [4.69, 9.17) is 11.5 Å². The van der Waals surface area contributed by atoms with Crippen molar-refractivity contribution in [2.45, 2.75) is 39.5 Å². The molecule has 5 N–H and O–H groups in total. The van der Waals surface area contributed by atoms with Gasteiger partial charge in [-0.2, -0.15) is 0 Å². The first kappa shape index (κ1) is 20.0. The summed E-state index contributed by atoms with van der Waals surface area (Å²) in [5.41, 5.74) is 11.2. The fraction of sp³-hybridized carbons (Fsp3) is 0.867. The number of Topliss-reactive ketones (excluding diaryl/α,β-unsaturated/α-hetero) is 1. The van der Waals surface area contributed by atoms with Crippen molar-refractivity contribution in [2.75, 3.05) is 39.3 Å². The summed E-state index contributed by atoms with van der Waals surface area (Å²) in [6.45, 7) is 7.13. The van der Waals surface area contributed by atoms with Gasteiger partial charge in [0.25, 0.3) is 0 Å². The van der Waals surface area contributed by atoms with Crippen molar-refractivity contribution >= 4 is 11.8 Å². The van der Waals surface area contributed by atoms with E-state index in [-0.39, 0.29) is 18.2 Å². The van der Waals surface area contributed by atoms with Gasteiger partial charge in [0.15, 0.2) is 6.54 Å². The monoisotopic (exact) mass is 302 g/mol. The van der Waals surface area contributed by atoms with Crippen LogP contribution in [-0.2, 0) is 9.59 Å². The molecule has 0 rings (SSSR count). The number of carboxylic acids is 1. The Hall–Kier alpha value is -0.980. The SMILES string of the molecule is CC(C)C(=O)CCC[N+](CCCN)(CCCN)CC(=O)O. The zero-order valence-electron chi connectivity index (χ0n) is 13.5. The number of quaternary nitrogens is 1. The summed E-state index contributed by atoms with van der Waals surface area (Å²) < 4.78 is 0.481. The van der Waals surface area contributed by atoms with Gasteiger partial charge in [-0.1, -0.05) is 13.8 Å². The van der Waals surface area contributed by atoms with Gasteiger partial charge in [0.1, 0.15) is 5.78 Å². The Balaban J connectivity index is 4.70. The number of carboxylic acid groups (broad SMARTS) is 1. The molecule has 0 amide bonds. The first-order valence-electron chi connectivity index (χ1n) is 7.86. The highest BCUT2D eigenvalue weighted by Crippen LogP contribution is 2.14. The van der Waals surface area contributed by atoms with Gasteiger partial charge in [-0.15, -0.1) is 0 Å². The van der Waals surface area contributed by atoms with E-state index in [1.54, 1.807) is 0 Å². The van der Waals surface area contributed by atoms with Crippen LogP contribution in [0.25, 0.3) is 0 Å². The molecule has 6 heteroatoms. The van der Waals surface area contributed by atoms with E-state index in [0.717, 1.165) is 32.4 Å². The van der Waals surface area contributed by atoms with Gasteiger partial charge < -0.3 is 21.1 Å². The summed E-state index contributed by atoms with van der Waals surface area (Å²) in [5.74, 6) is -0.528. The second kappa shape index (κ2) is 10.7. The lowest BCUT2D eigenvalue weighted by Gasteiger charge is -2.37. The van der Waals surface area contributed by atoms with Gasteiger partial charge in [0.2, 0.25) is 0 Å². The summed E-state index contributed by atoms with van der Waals surface area (Å²) in [6, 6.07) is 0. The molecule has 0 radical (unpaired) electrons. The van der Waals surface area contributed by atoms with Crippen LogP contribution in [0.1, 0.15) is 39.5 Å². The Morgan fingerprint density at radius 1 is 1.00 bits per heavy atom. The van der Waals surface area contributed by atoms with Crippen LogP contribution in [0.15, 0.2) is 0 Å². The zero-order valence-corrected chi connectivity index (χ0v) is 13.5. The molecule has 0 aromatic carbocycles. The second-order valence-electron chi connectivity index (χ2n) is 6.07. The molecular formula is C15H32N3O3+. The lowest BCUT2D eigenvalue weighted by Crippen LogP contribution is -2.54. The van der Waals surface area contributed by atoms with E-state index >= 15 is 0 Å². The molecule has 0 unspecified atom stereocenters. The fourth-order valence-corrected chi connectivity index (χ4v) is 2.59. The predicted octanol–water partition coefficient (Wildman–Crippen LogP) is 0.591. The smallest absolute Gasteiger partial charge is 0.359 e. The highest BCUT2D eigenvalue weighted by molar-refractivity contribution is 5.80. The zero-order chi connectivity index (χ0) is 16.3. The number of rotatable bonds is 13. The predicted molar refractivity (Wildman–Crippen MR) is 83.8 cm³/mol. The van der Waals surface area contributed by atoms with Gasteiger partial charge in [0, 0.05) is 31.6 Å². The molecule has 0 saturated carbocycles. The molecule has 0 aromatic rings. The highest BCUT2D eigenvalue weighted by atomic mass is 16.4. The maximum absolute atomic E-state index is 11.7. The summed E-state index contributed by atoms with van der Waals surface area (Å²) in [6.07, 6.45) is 2.81. The Labute approximate surface area is 128 Å². The Kier molecular flexibility index (Phi) is 10.2. The van der Waals surface area contributed by atoms with E-state index in [2.05, 4.69) is 0 Å². The molecule has 0 saturated heterocycles. The number of ketones is 1. The standard InChI is InChI=1S/C15H31N3O3/c1-13(2)14(19)6-3-9-18(10-4-7-16,11-5-8-17)12-15(20)21/h13H,3-12,16-17H2,1-2H3/p+1. The van der Waals surface area contributed by atoms with Gasteiger partial charge in [-0.25, -0.2) is 4.79 Å². The van der Waals surface area contributed by atoms with Gasteiger partial charge in [-0.3, -0.25) is 4.79 Å². The molecule has 0 spiro atoms. The first-order chi connectivity index (χ1) is 9.87. The molecule has 0 bridgehead atoms. The van der Waals surface area contributed by atoms with E-state index in [0.29, 0.717) is 30.5 Å². The third kappa shape index (κ3) is 8.80. The van der Waals surface area contributed by atoms with Crippen molar-refractivity contribution in [1.82, 2.24) is 0 Å². The van der Waals surface area contributed by atoms with E-state index in [1.807, 2.05) is 13.8 Å². The molecule has 0 aromatic heterocycles. The average molecular weight is 302 g/mol. The number of aliphatic carboxylic acids is 1. The minimum atomic E-state index is -0.806. The van der Waals surface area contributed by atoms with E-state index in [1.165, 1.54) is 0 Å². The number of hydrogen-bond donors (Lipinski definition) is 3. The fourth-order valence-electron chi connectivity index (χ4n) is 2.59. The van der Waals surface area contributed by atoms with Crippen molar-refractivity contribution in [3.63, 3.8) is 0 Å². The maximum Gasteiger partial charge on any atom is 0.359 e. The summed E-state index contributed by atoms with van der Waals surface area (Å²) in [4.78, 5) is 22.9. The quantitative estimate of drug-likeness (QED) is 0.432. The topological polar surface area (TPSA) is 106 Å². The van der Waals surface area contributed by atoms with Crippen molar-refractivity contribution < 1.29 is 19.2 Å². The largest absolute Gasteiger partial charge is 0.477 e. The summed E-state index contributed by atoms with van der Waals surface area (Å²) in [7, 11) is 0. The number of nitrogens with two attached hydrogens (primary N) is 2. The van der Waals surface area contributed by atoms with E-state index < -0.39 is 5.97 Å². The molecule has 124 valence electrons. The summed E-state index contributed by atoms with van der Waals surface area (Å²) >= 11 is 0. The molecule has 0 fully saturated rings. The minimum Gasteiger partial charge on any atom is -0.477 e. The van der Waals surface area contributed by atoms with Crippen LogP contribution in [0.2, 0.25) is 0 Å². The van der Waals surface area contributed by atoms with Gasteiger partial charge >= 0.3 is 5.97 Å². The van der Waals surface area contributed by atoms with Crippen LogP contribution >= 0.6 is 0 Å². The lowest BCUT2D eigenvalue weighted by molar-refractivity contribution is -0.921. The number of carbonyl (C=O) groups excluding carboxylic acids is 1. The van der Waals surface area contributed by atoms with Crippen molar-refractivity contribution in [3.8, 4) is 0 Å². The molecule has 21 heavy (non-hydrogen) atoms. The summed E-state index contributed by atoms with van der Waals surface area (Å²) in [5, 5.41) is 9.20. The van der Waals surface area contributed by atoms with Crippen LogP contribution in [0, 0.1) is 5.92 Å². The molecule has 0 aliphatic carbocycles. The Bertz CT molecular complexity index is 311. The molecule has 0 aliphatic rings. The second-order valence-corrected chi connectivity index (χ2v) is 6.07. The lowest BCUT2D eigenvalue weighted by atomic mass is 10.0. The molecule has 0 atom stereocenters.